The molecule has 1 aliphatic rings. The molecule has 166 valence electrons. The minimum Gasteiger partial charge on any atom is -0.373 e. The van der Waals surface area contributed by atoms with E-state index in [9.17, 15) is 14.0 Å². The van der Waals surface area contributed by atoms with E-state index in [1.807, 2.05) is 13.8 Å². The van der Waals surface area contributed by atoms with Crippen molar-refractivity contribution in [1.82, 2.24) is 9.80 Å². The molecule has 2 aromatic carbocycles. The zero-order chi connectivity index (χ0) is 22.4. The highest BCUT2D eigenvalue weighted by molar-refractivity contribution is 6.30. The van der Waals surface area contributed by atoms with Crippen LogP contribution < -0.4 is 5.32 Å². The van der Waals surface area contributed by atoms with Crippen molar-refractivity contribution < 1.29 is 18.7 Å². The Balaban J connectivity index is 1.64. The van der Waals surface area contributed by atoms with Crippen LogP contribution in [0, 0.1) is 11.7 Å². The molecule has 0 bridgehead atoms. The predicted molar refractivity (Wildman–Crippen MR) is 119 cm³/mol. The highest BCUT2D eigenvalue weighted by Gasteiger charge is 2.28. The van der Waals surface area contributed by atoms with E-state index in [-0.39, 0.29) is 29.8 Å². The Bertz CT molecular complexity index is 907. The Morgan fingerprint density at radius 1 is 1.26 bits per heavy atom. The van der Waals surface area contributed by atoms with E-state index in [0.717, 1.165) is 0 Å². The molecule has 6 nitrogen and oxygen atoms in total. The Kier molecular flexibility index (Phi) is 7.87. The molecule has 1 aliphatic heterocycles. The third kappa shape index (κ3) is 6.67. The van der Waals surface area contributed by atoms with Gasteiger partial charge in [-0.15, -0.1) is 0 Å². The summed E-state index contributed by atoms with van der Waals surface area (Å²) in [6.07, 6.45) is -0.318. The smallest absolute Gasteiger partial charge is 0.322 e. The molecular weight excluding hydrogens is 421 g/mol. The summed E-state index contributed by atoms with van der Waals surface area (Å²) < 4.78 is 19.1. The molecule has 0 spiro atoms. The summed E-state index contributed by atoms with van der Waals surface area (Å²) in [7, 11) is 0. The highest BCUT2D eigenvalue weighted by atomic mass is 35.5. The van der Waals surface area contributed by atoms with Gasteiger partial charge in [0.1, 0.15) is 5.82 Å². The standard InChI is InChI=1S/C23H27ClFN3O3/c1-16(2)13-28(22(29)17-6-8-19(25)9-7-17)15-21-14-27(10-11-31-21)23(30)26-20-5-3-4-18(24)12-20/h3-9,12,16,21H,10-11,13-15H2,1-2H3,(H,26,30)/t21-/m0/s1. The molecule has 1 saturated heterocycles. The third-order valence-electron chi connectivity index (χ3n) is 4.89. The van der Waals surface area contributed by atoms with Gasteiger partial charge in [0.15, 0.2) is 0 Å². The number of ether oxygens (including phenoxy) is 1. The second-order valence-electron chi connectivity index (χ2n) is 7.99. The maximum absolute atomic E-state index is 13.2. The third-order valence-corrected chi connectivity index (χ3v) is 5.12. The molecule has 0 saturated carbocycles. The van der Waals surface area contributed by atoms with E-state index in [1.165, 1.54) is 24.3 Å². The topological polar surface area (TPSA) is 61.9 Å². The lowest BCUT2D eigenvalue weighted by Crippen LogP contribution is -2.52. The first-order chi connectivity index (χ1) is 14.8. The molecule has 1 N–H and O–H groups in total. The van der Waals surface area contributed by atoms with E-state index in [2.05, 4.69) is 5.32 Å². The fourth-order valence-corrected chi connectivity index (χ4v) is 3.68. The average Bonchev–Trinajstić information content (AvgIpc) is 2.73. The lowest BCUT2D eigenvalue weighted by Gasteiger charge is -2.36. The van der Waals surface area contributed by atoms with Gasteiger partial charge in [0, 0.05) is 35.9 Å². The van der Waals surface area contributed by atoms with Crippen LogP contribution in [-0.4, -0.2) is 60.6 Å². The number of amides is 3. The van der Waals surface area contributed by atoms with Crippen LogP contribution in [0.2, 0.25) is 5.02 Å². The number of rotatable bonds is 6. The van der Waals surface area contributed by atoms with Crippen LogP contribution in [-0.2, 0) is 4.74 Å². The van der Waals surface area contributed by atoms with Crippen molar-refractivity contribution in [1.29, 1.82) is 0 Å². The van der Waals surface area contributed by atoms with Gasteiger partial charge in [-0.3, -0.25) is 4.79 Å². The summed E-state index contributed by atoms with van der Waals surface area (Å²) in [5.74, 6) is -0.322. The highest BCUT2D eigenvalue weighted by Crippen LogP contribution is 2.17. The monoisotopic (exact) mass is 447 g/mol. The van der Waals surface area contributed by atoms with Crippen LogP contribution in [0.3, 0.4) is 0 Å². The molecule has 0 radical (unpaired) electrons. The number of hydrogen-bond acceptors (Lipinski definition) is 3. The molecule has 3 rings (SSSR count). The fourth-order valence-electron chi connectivity index (χ4n) is 3.49. The maximum Gasteiger partial charge on any atom is 0.322 e. The van der Waals surface area contributed by atoms with Gasteiger partial charge in [0.2, 0.25) is 0 Å². The number of nitrogens with one attached hydrogen (secondary N) is 1. The molecule has 2 aromatic rings. The summed E-state index contributed by atoms with van der Waals surface area (Å²) in [6.45, 7) is 6.12. The van der Waals surface area contributed by atoms with Crippen LogP contribution in [0.5, 0.6) is 0 Å². The zero-order valence-corrected chi connectivity index (χ0v) is 18.4. The molecule has 0 unspecified atom stereocenters. The molecule has 3 amide bonds. The van der Waals surface area contributed by atoms with Crippen molar-refractivity contribution in [2.75, 3.05) is 38.1 Å². The summed E-state index contributed by atoms with van der Waals surface area (Å²) in [5.41, 5.74) is 1.04. The van der Waals surface area contributed by atoms with Gasteiger partial charge < -0.3 is 19.9 Å². The molecule has 0 aliphatic carbocycles. The molecule has 8 heteroatoms. The van der Waals surface area contributed by atoms with Crippen molar-refractivity contribution in [2.24, 2.45) is 5.92 Å². The average molecular weight is 448 g/mol. The SMILES string of the molecule is CC(C)CN(C[C@@H]1CN(C(=O)Nc2cccc(Cl)c2)CCO1)C(=O)c1ccc(F)cc1. The van der Waals surface area contributed by atoms with Crippen molar-refractivity contribution in [3.8, 4) is 0 Å². The summed E-state index contributed by atoms with van der Waals surface area (Å²) >= 11 is 5.98. The van der Waals surface area contributed by atoms with E-state index >= 15 is 0 Å². The first-order valence-electron chi connectivity index (χ1n) is 10.3. The van der Waals surface area contributed by atoms with E-state index in [0.29, 0.717) is 49.1 Å². The van der Waals surface area contributed by atoms with Gasteiger partial charge in [-0.1, -0.05) is 31.5 Å². The van der Waals surface area contributed by atoms with E-state index in [4.69, 9.17) is 16.3 Å². The first kappa shape index (κ1) is 23.0. The number of benzene rings is 2. The van der Waals surface area contributed by atoms with Crippen LogP contribution in [0.25, 0.3) is 0 Å². The molecule has 1 atom stereocenters. The normalized spacial score (nSPS) is 16.3. The second kappa shape index (κ2) is 10.6. The number of morpholine rings is 1. The van der Waals surface area contributed by atoms with Gasteiger partial charge in [-0.05, 0) is 48.4 Å². The molecule has 0 aromatic heterocycles. The van der Waals surface area contributed by atoms with Crippen molar-refractivity contribution in [2.45, 2.75) is 20.0 Å². The zero-order valence-electron chi connectivity index (χ0n) is 17.7. The van der Waals surface area contributed by atoms with Crippen LogP contribution in [0.1, 0.15) is 24.2 Å². The van der Waals surface area contributed by atoms with Gasteiger partial charge in [-0.2, -0.15) is 0 Å². The second-order valence-corrected chi connectivity index (χ2v) is 8.43. The Hall–Kier alpha value is -2.64. The lowest BCUT2D eigenvalue weighted by molar-refractivity contribution is -0.0272. The summed E-state index contributed by atoms with van der Waals surface area (Å²) in [5, 5.41) is 3.39. The number of nitrogens with zero attached hydrogens (tertiary/aromatic N) is 2. The Morgan fingerprint density at radius 3 is 2.68 bits per heavy atom. The van der Waals surface area contributed by atoms with Crippen LogP contribution in [0.4, 0.5) is 14.9 Å². The number of hydrogen-bond donors (Lipinski definition) is 1. The number of carbonyl (C=O) groups excluding carboxylic acids is 2. The van der Waals surface area contributed by atoms with Gasteiger partial charge >= 0.3 is 6.03 Å². The first-order valence-corrected chi connectivity index (χ1v) is 10.7. The quantitative estimate of drug-likeness (QED) is 0.708. The molecule has 1 heterocycles. The number of anilines is 1. The van der Waals surface area contributed by atoms with Gasteiger partial charge in [0.05, 0.1) is 19.3 Å². The largest absolute Gasteiger partial charge is 0.373 e. The van der Waals surface area contributed by atoms with Crippen molar-refractivity contribution >= 4 is 29.2 Å². The van der Waals surface area contributed by atoms with Crippen LogP contribution >= 0.6 is 11.6 Å². The summed E-state index contributed by atoms with van der Waals surface area (Å²) in [4.78, 5) is 29.1. The van der Waals surface area contributed by atoms with Crippen molar-refractivity contribution in [3.05, 3.63) is 64.9 Å². The Morgan fingerprint density at radius 2 is 2.00 bits per heavy atom. The predicted octanol–water partition coefficient (Wildman–Crippen LogP) is 4.51. The molecule has 1 fully saturated rings. The minimum absolute atomic E-state index is 0.183. The van der Waals surface area contributed by atoms with E-state index in [1.54, 1.807) is 34.1 Å². The minimum atomic E-state index is -0.385. The Labute approximate surface area is 186 Å². The molecular formula is C23H27ClFN3O3. The lowest BCUT2D eigenvalue weighted by atomic mass is 10.1. The number of urea groups is 1. The van der Waals surface area contributed by atoms with Gasteiger partial charge in [-0.25, -0.2) is 9.18 Å². The molecule has 31 heavy (non-hydrogen) atoms. The van der Waals surface area contributed by atoms with Crippen molar-refractivity contribution in [3.63, 3.8) is 0 Å². The summed E-state index contributed by atoms with van der Waals surface area (Å²) in [6, 6.07) is 12.2. The fraction of sp³-hybridized carbons (Fsp3) is 0.391. The maximum atomic E-state index is 13.2. The van der Waals surface area contributed by atoms with Gasteiger partial charge in [0.25, 0.3) is 5.91 Å². The van der Waals surface area contributed by atoms with E-state index < -0.39 is 0 Å². The van der Waals surface area contributed by atoms with Crippen LogP contribution in [0.15, 0.2) is 48.5 Å². The number of carbonyl (C=O) groups is 2. The number of halogens is 2.